The summed E-state index contributed by atoms with van der Waals surface area (Å²) in [6.07, 6.45) is 1.62. The van der Waals surface area contributed by atoms with Gasteiger partial charge in [0.15, 0.2) is 0 Å². The van der Waals surface area contributed by atoms with Gasteiger partial charge >= 0.3 is 6.09 Å². The summed E-state index contributed by atoms with van der Waals surface area (Å²) >= 11 is 0. The van der Waals surface area contributed by atoms with Gasteiger partial charge in [0.2, 0.25) is 0 Å². The Morgan fingerprint density at radius 2 is 1.68 bits per heavy atom. The number of hydrogen-bond donors (Lipinski definition) is 2. The fourth-order valence-corrected chi connectivity index (χ4v) is 2.14. The molecule has 0 aliphatic heterocycles. The Kier molecular flexibility index (Phi) is 6.33. The number of nitrogens with two attached hydrogens (primary N) is 1. The normalized spacial score (nSPS) is 15.8. The molecule has 0 aromatic carbocycles. The van der Waals surface area contributed by atoms with Gasteiger partial charge in [0.05, 0.1) is 0 Å². The van der Waals surface area contributed by atoms with Crippen LogP contribution >= 0.6 is 0 Å². The first-order valence-corrected chi connectivity index (χ1v) is 7.10. The molecule has 0 radical (unpaired) electrons. The van der Waals surface area contributed by atoms with Crippen LogP contribution in [0.25, 0.3) is 0 Å². The van der Waals surface area contributed by atoms with Crippen LogP contribution in [0, 0.1) is 10.8 Å². The Hall–Kier alpha value is -0.770. The number of rotatable bonds is 6. The van der Waals surface area contributed by atoms with Crippen molar-refractivity contribution in [3.63, 3.8) is 0 Å². The van der Waals surface area contributed by atoms with Gasteiger partial charge in [-0.25, -0.2) is 4.79 Å². The lowest BCUT2D eigenvalue weighted by Gasteiger charge is -2.36. The molecule has 0 fully saturated rings. The number of amides is 1. The molecule has 0 saturated carbocycles. The highest BCUT2D eigenvalue weighted by Gasteiger charge is 2.31. The van der Waals surface area contributed by atoms with E-state index in [4.69, 9.17) is 10.5 Å². The SMILES string of the molecule is CCC(C)(CNC(=O)OC(C)(C)C)CC(C)(C)CN. The van der Waals surface area contributed by atoms with Crippen molar-refractivity contribution in [2.45, 2.75) is 66.9 Å². The van der Waals surface area contributed by atoms with E-state index in [1.807, 2.05) is 20.8 Å². The zero-order valence-corrected chi connectivity index (χ0v) is 13.7. The minimum absolute atomic E-state index is 0.0414. The minimum Gasteiger partial charge on any atom is -0.444 e. The Morgan fingerprint density at radius 3 is 2.05 bits per heavy atom. The van der Waals surface area contributed by atoms with E-state index in [0.717, 1.165) is 12.8 Å². The van der Waals surface area contributed by atoms with Crippen LogP contribution in [0.5, 0.6) is 0 Å². The Balaban J connectivity index is 4.44. The first-order valence-electron chi connectivity index (χ1n) is 7.10. The van der Waals surface area contributed by atoms with Gasteiger partial charge in [-0.15, -0.1) is 0 Å². The molecule has 0 aromatic rings. The molecular weight excluding hydrogens is 240 g/mol. The Labute approximate surface area is 118 Å². The first kappa shape index (κ1) is 18.2. The molecule has 0 saturated heterocycles. The van der Waals surface area contributed by atoms with Crippen LogP contribution in [0.2, 0.25) is 0 Å². The number of nitrogens with one attached hydrogen (secondary N) is 1. The molecule has 3 N–H and O–H groups in total. The topological polar surface area (TPSA) is 64.3 Å². The molecule has 0 bridgehead atoms. The van der Waals surface area contributed by atoms with E-state index in [-0.39, 0.29) is 16.9 Å². The fourth-order valence-electron chi connectivity index (χ4n) is 2.14. The second kappa shape index (κ2) is 6.60. The third-order valence-electron chi connectivity index (χ3n) is 3.37. The van der Waals surface area contributed by atoms with E-state index in [9.17, 15) is 4.79 Å². The van der Waals surface area contributed by atoms with Gasteiger partial charge in [0, 0.05) is 6.54 Å². The third-order valence-corrected chi connectivity index (χ3v) is 3.37. The predicted octanol–water partition coefficient (Wildman–Crippen LogP) is 3.30. The van der Waals surface area contributed by atoms with E-state index in [0.29, 0.717) is 13.1 Å². The molecule has 19 heavy (non-hydrogen) atoms. The average Bonchev–Trinajstić information content (AvgIpc) is 2.24. The molecule has 1 amide bonds. The van der Waals surface area contributed by atoms with Gasteiger partial charge in [-0.3, -0.25) is 0 Å². The number of carbonyl (C=O) groups is 1. The molecular formula is C15H32N2O2. The van der Waals surface area contributed by atoms with Gasteiger partial charge in [0.1, 0.15) is 5.60 Å². The van der Waals surface area contributed by atoms with Gasteiger partial charge in [-0.2, -0.15) is 0 Å². The maximum atomic E-state index is 11.7. The zero-order valence-electron chi connectivity index (χ0n) is 13.7. The molecule has 0 heterocycles. The van der Waals surface area contributed by atoms with Crippen LogP contribution in [0.1, 0.15) is 61.3 Å². The standard InChI is InChI=1S/C15H32N2O2/c1-8-15(7,9-14(5,6)10-16)11-17-12(18)19-13(2,3)4/h8-11,16H2,1-7H3,(H,17,18). The first-order chi connectivity index (χ1) is 8.43. The second-order valence-corrected chi connectivity index (χ2v) is 7.56. The Bertz CT molecular complexity index is 295. The molecule has 0 aliphatic rings. The van der Waals surface area contributed by atoms with Gasteiger partial charge in [-0.1, -0.05) is 27.7 Å². The molecule has 0 aliphatic carbocycles. The van der Waals surface area contributed by atoms with Gasteiger partial charge in [-0.05, 0) is 51.0 Å². The quantitative estimate of drug-likeness (QED) is 0.779. The Morgan fingerprint density at radius 1 is 1.16 bits per heavy atom. The highest BCUT2D eigenvalue weighted by molar-refractivity contribution is 5.67. The van der Waals surface area contributed by atoms with Crippen LogP contribution in [-0.4, -0.2) is 24.8 Å². The maximum absolute atomic E-state index is 11.7. The second-order valence-electron chi connectivity index (χ2n) is 7.56. The number of carbonyl (C=O) groups excluding carboxylic acids is 1. The summed E-state index contributed by atoms with van der Waals surface area (Å²) in [5.41, 5.74) is 5.47. The number of hydrogen-bond acceptors (Lipinski definition) is 3. The van der Waals surface area contributed by atoms with Crippen molar-refractivity contribution >= 4 is 6.09 Å². The number of alkyl carbamates (subject to hydrolysis) is 1. The lowest BCUT2D eigenvalue weighted by molar-refractivity contribution is 0.0484. The van der Waals surface area contributed by atoms with E-state index in [1.54, 1.807) is 0 Å². The van der Waals surface area contributed by atoms with Crippen molar-refractivity contribution in [1.29, 1.82) is 0 Å². The molecule has 1 unspecified atom stereocenters. The van der Waals surface area contributed by atoms with Gasteiger partial charge < -0.3 is 15.8 Å². The predicted molar refractivity (Wildman–Crippen MR) is 80.1 cm³/mol. The monoisotopic (exact) mass is 272 g/mol. The van der Waals surface area contributed by atoms with Crippen LogP contribution in [0.15, 0.2) is 0 Å². The van der Waals surface area contributed by atoms with Crippen molar-refractivity contribution in [3.05, 3.63) is 0 Å². The van der Waals surface area contributed by atoms with Crippen LogP contribution < -0.4 is 11.1 Å². The molecule has 1 atom stereocenters. The lowest BCUT2D eigenvalue weighted by atomic mass is 9.72. The number of ether oxygens (including phenoxy) is 1. The highest BCUT2D eigenvalue weighted by atomic mass is 16.6. The van der Waals surface area contributed by atoms with E-state index in [2.05, 4.69) is 33.0 Å². The van der Waals surface area contributed by atoms with Crippen LogP contribution in [0.3, 0.4) is 0 Å². The smallest absolute Gasteiger partial charge is 0.407 e. The molecule has 0 rings (SSSR count). The molecule has 0 aromatic heterocycles. The van der Waals surface area contributed by atoms with Crippen molar-refractivity contribution < 1.29 is 9.53 Å². The van der Waals surface area contributed by atoms with Gasteiger partial charge in [0.25, 0.3) is 0 Å². The average molecular weight is 272 g/mol. The summed E-state index contributed by atoms with van der Waals surface area (Å²) in [7, 11) is 0. The third kappa shape index (κ3) is 8.09. The summed E-state index contributed by atoms with van der Waals surface area (Å²) in [6.45, 7) is 15.5. The molecule has 4 heteroatoms. The van der Waals surface area contributed by atoms with E-state index in [1.165, 1.54) is 0 Å². The van der Waals surface area contributed by atoms with Crippen LogP contribution in [0.4, 0.5) is 4.79 Å². The minimum atomic E-state index is -0.455. The van der Waals surface area contributed by atoms with Crippen molar-refractivity contribution in [2.24, 2.45) is 16.6 Å². The van der Waals surface area contributed by atoms with Crippen LogP contribution in [-0.2, 0) is 4.74 Å². The largest absolute Gasteiger partial charge is 0.444 e. The van der Waals surface area contributed by atoms with Crippen molar-refractivity contribution in [3.8, 4) is 0 Å². The summed E-state index contributed by atoms with van der Waals surface area (Å²) in [4.78, 5) is 11.7. The van der Waals surface area contributed by atoms with Crippen molar-refractivity contribution in [1.82, 2.24) is 5.32 Å². The molecule has 114 valence electrons. The van der Waals surface area contributed by atoms with Crippen molar-refractivity contribution in [2.75, 3.05) is 13.1 Å². The summed E-state index contributed by atoms with van der Waals surface area (Å²) < 4.78 is 5.26. The highest BCUT2D eigenvalue weighted by Crippen LogP contribution is 2.35. The van der Waals surface area contributed by atoms with E-state index < -0.39 is 5.60 Å². The molecule has 0 spiro atoms. The molecule has 4 nitrogen and oxygen atoms in total. The fraction of sp³-hybridized carbons (Fsp3) is 0.933. The van der Waals surface area contributed by atoms with E-state index >= 15 is 0 Å². The maximum Gasteiger partial charge on any atom is 0.407 e. The summed E-state index contributed by atoms with van der Waals surface area (Å²) in [5.74, 6) is 0. The summed E-state index contributed by atoms with van der Waals surface area (Å²) in [6, 6.07) is 0. The zero-order chi connectivity index (χ0) is 15.3. The lowest BCUT2D eigenvalue weighted by Crippen LogP contribution is -2.41. The summed E-state index contributed by atoms with van der Waals surface area (Å²) in [5, 5.41) is 2.88.